The predicted molar refractivity (Wildman–Crippen MR) is 52.3 cm³/mol. The monoisotopic (exact) mass is 144 g/mol. The molecule has 0 aromatic rings. The first-order chi connectivity index (χ1) is 3.89. The van der Waals surface area contributed by atoms with Gasteiger partial charge in [-0.05, 0) is 18.8 Å². The van der Waals surface area contributed by atoms with Gasteiger partial charge in [-0.2, -0.15) is 0 Å². The van der Waals surface area contributed by atoms with Crippen molar-refractivity contribution in [1.82, 2.24) is 0 Å². The van der Waals surface area contributed by atoms with Crippen LogP contribution in [0.4, 0.5) is 0 Å². The molecule has 1 unspecified atom stereocenters. The van der Waals surface area contributed by atoms with Gasteiger partial charge >= 0.3 is 0 Å². The number of allylic oxidation sites excluding steroid dienone is 2. The lowest BCUT2D eigenvalue weighted by atomic mass is 10.2. The van der Waals surface area contributed by atoms with Crippen LogP contribution in [0.15, 0.2) is 12.2 Å². The van der Waals surface area contributed by atoms with Crippen molar-refractivity contribution in [2.75, 3.05) is 0 Å². The molecule has 0 bridgehead atoms. The van der Waals surface area contributed by atoms with Crippen molar-refractivity contribution in [1.29, 1.82) is 0 Å². The maximum atomic E-state index is 2.28. The van der Waals surface area contributed by atoms with Crippen LogP contribution in [0.1, 0.15) is 48.5 Å². The second-order valence-electron chi connectivity index (χ2n) is 1.98. The molecule has 0 heterocycles. The standard InChI is InChI=1S/C6H10.C2H6.2CH4/c1-6-4-2-3-5-6;1-2;;/h2,4,6H,3,5H2,1H3;1-2H3;2*1H4. The molecule has 1 aliphatic carbocycles. The lowest BCUT2D eigenvalue weighted by Gasteiger charge is -1.89. The number of rotatable bonds is 0. The smallest absolute Gasteiger partial charge is 0.0259 e. The van der Waals surface area contributed by atoms with Crippen LogP contribution in [0.25, 0.3) is 0 Å². The molecule has 0 heteroatoms. The van der Waals surface area contributed by atoms with Gasteiger partial charge in [0.05, 0.1) is 0 Å². The first-order valence-electron chi connectivity index (χ1n) is 3.56. The highest BCUT2D eigenvalue weighted by molar-refractivity contribution is 4.93. The van der Waals surface area contributed by atoms with Gasteiger partial charge in [0.15, 0.2) is 0 Å². The van der Waals surface area contributed by atoms with E-state index in [1.165, 1.54) is 12.8 Å². The van der Waals surface area contributed by atoms with Gasteiger partial charge in [-0.3, -0.25) is 0 Å². The fraction of sp³-hybridized carbons (Fsp3) is 0.800. The summed E-state index contributed by atoms with van der Waals surface area (Å²) in [6.45, 7) is 6.25. The van der Waals surface area contributed by atoms with Crippen LogP contribution in [0, 0.1) is 5.92 Å². The van der Waals surface area contributed by atoms with Gasteiger partial charge in [-0.25, -0.2) is 0 Å². The second-order valence-corrected chi connectivity index (χ2v) is 1.98. The van der Waals surface area contributed by atoms with Gasteiger partial charge in [0.1, 0.15) is 0 Å². The van der Waals surface area contributed by atoms with E-state index in [0.717, 1.165) is 5.92 Å². The Bertz CT molecular complexity index is 62.4. The lowest BCUT2D eigenvalue weighted by molar-refractivity contribution is 0.701. The van der Waals surface area contributed by atoms with E-state index >= 15 is 0 Å². The average molecular weight is 144 g/mol. The molecule has 1 rings (SSSR count). The molecule has 10 heavy (non-hydrogen) atoms. The zero-order chi connectivity index (χ0) is 6.41. The van der Waals surface area contributed by atoms with E-state index in [4.69, 9.17) is 0 Å². The van der Waals surface area contributed by atoms with E-state index in [0.29, 0.717) is 0 Å². The summed E-state index contributed by atoms with van der Waals surface area (Å²) >= 11 is 0. The summed E-state index contributed by atoms with van der Waals surface area (Å²) < 4.78 is 0. The maximum Gasteiger partial charge on any atom is -0.0259 e. The minimum Gasteiger partial charge on any atom is -0.0882 e. The molecule has 0 N–H and O–H groups in total. The highest BCUT2D eigenvalue weighted by Crippen LogP contribution is 2.14. The van der Waals surface area contributed by atoms with Gasteiger partial charge in [0.2, 0.25) is 0 Å². The SMILES string of the molecule is C.C.CC.CC1C=CCC1. The Morgan fingerprint density at radius 3 is 1.80 bits per heavy atom. The van der Waals surface area contributed by atoms with Crippen LogP contribution in [-0.4, -0.2) is 0 Å². The fourth-order valence-electron chi connectivity index (χ4n) is 0.784. The molecule has 0 saturated heterocycles. The molecule has 0 radical (unpaired) electrons. The minimum atomic E-state index is 0. The van der Waals surface area contributed by atoms with Crippen LogP contribution in [0.2, 0.25) is 0 Å². The summed E-state index contributed by atoms with van der Waals surface area (Å²) in [7, 11) is 0. The van der Waals surface area contributed by atoms with E-state index in [1.807, 2.05) is 13.8 Å². The topological polar surface area (TPSA) is 0 Å². The fourth-order valence-corrected chi connectivity index (χ4v) is 0.784. The third-order valence-corrected chi connectivity index (χ3v) is 1.25. The highest BCUT2D eigenvalue weighted by atomic mass is 14.0. The van der Waals surface area contributed by atoms with Crippen molar-refractivity contribution in [3.8, 4) is 0 Å². The summed E-state index contributed by atoms with van der Waals surface area (Å²) in [5.41, 5.74) is 0. The predicted octanol–water partition coefficient (Wildman–Crippen LogP) is 4.27. The van der Waals surface area contributed by atoms with E-state index < -0.39 is 0 Å². The van der Waals surface area contributed by atoms with Gasteiger partial charge in [-0.1, -0.05) is 47.8 Å². The maximum absolute atomic E-state index is 2.28. The van der Waals surface area contributed by atoms with Gasteiger partial charge < -0.3 is 0 Å². The molecule has 0 nitrogen and oxygen atoms in total. The molecule has 0 aromatic carbocycles. The molecule has 0 fully saturated rings. The van der Waals surface area contributed by atoms with Gasteiger partial charge in [-0.15, -0.1) is 0 Å². The normalized spacial score (nSPS) is 19.7. The molecule has 1 aliphatic rings. The molecule has 1 atom stereocenters. The van der Waals surface area contributed by atoms with Crippen LogP contribution in [-0.2, 0) is 0 Å². The highest BCUT2D eigenvalue weighted by Gasteiger charge is 1.98. The zero-order valence-electron chi connectivity index (χ0n) is 6.15. The molecule has 0 aliphatic heterocycles. The minimum absolute atomic E-state index is 0. The quantitative estimate of drug-likeness (QED) is 0.445. The van der Waals surface area contributed by atoms with Crippen LogP contribution < -0.4 is 0 Å². The van der Waals surface area contributed by atoms with Crippen molar-refractivity contribution in [3.63, 3.8) is 0 Å². The molecular formula is C10H24. The van der Waals surface area contributed by atoms with Crippen molar-refractivity contribution < 1.29 is 0 Å². The first kappa shape index (κ1) is 16.4. The summed E-state index contributed by atoms with van der Waals surface area (Å²) in [5, 5.41) is 0. The van der Waals surface area contributed by atoms with Crippen LogP contribution in [0.5, 0.6) is 0 Å². The van der Waals surface area contributed by atoms with E-state index in [1.54, 1.807) is 0 Å². The molecule has 0 saturated carbocycles. The molecule has 64 valence electrons. The van der Waals surface area contributed by atoms with Crippen molar-refractivity contribution >= 4 is 0 Å². The molecule has 0 aromatic heterocycles. The Balaban J connectivity index is -0.000000114. The van der Waals surface area contributed by atoms with Crippen molar-refractivity contribution in [2.24, 2.45) is 5.92 Å². The van der Waals surface area contributed by atoms with Crippen molar-refractivity contribution in [3.05, 3.63) is 12.2 Å². The summed E-state index contributed by atoms with van der Waals surface area (Å²) in [6.07, 6.45) is 7.21. The molecular weight excluding hydrogens is 120 g/mol. The van der Waals surface area contributed by atoms with Crippen LogP contribution in [0.3, 0.4) is 0 Å². The Hall–Kier alpha value is -0.260. The Morgan fingerprint density at radius 2 is 1.70 bits per heavy atom. The summed E-state index contributed by atoms with van der Waals surface area (Å²) in [6, 6.07) is 0. The van der Waals surface area contributed by atoms with E-state index in [2.05, 4.69) is 19.1 Å². The number of hydrogen-bond acceptors (Lipinski definition) is 0. The Morgan fingerprint density at radius 1 is 1.20 bits per heavy atom. The zero-order valence-corrected chi connectivity index (χ0v) is 6.15. The molecule has 0 amide bonds. The lowest BCUT2D eigenvalue weighted by Crippen LogP contribution is -1.76. The number of hydrogen-bond donors (Lipinski definition) is 0. The molecule has 0 spiro atoms. The summed E-state index contributed by atoms with van der Waals surface area (Å²) in [5.74, 6) is 0.866. The summed E-state index contributed by atoms with van der Waals surface area (Å²) in [4.78, 5) is 0. The second kappa shape index (κ2) is 11.5. The van der Waals surface area contributed by atoms with Crippen molar-refractivity contribution in [2.45, 2.75) is 48.5 Å². The third-order valence-electron chi connectivity index (χ3n) is 1.25. The Labute approximate surface area is 67.3 Å². The largest absolute Gasteiger partial charge is 0.0882 e. The van der Waals surface area contributed by atoms with Crippen LogP contribution >= 0.6 is 0 Å². The van der Waals surface area contributed by atoms with E-state index in [-0.39, 0.29) is 14.9 Å². The Kier molecular flexibility index (Phi) is 18.9. The van der Waals surface area contributed by atoms with E-state index in [9.17, 15) is 0 Å². The van der Waals surface area contributed by atoms with Gasteiger partial charge in [0.25, 0.3) is 0 Å². The first-order valence-corrected chi connectivity index (χ1v) is 3.56. The average Bonchev–Trinajstić information content (AvgIpc) is 2.24. The third kappa shape index (κ3) is 7.74. The van der Waals surface area contributed by atoms with Gasteiger partial charge in [0, 0.05) is 0 Å².